The van der Waals surface area contributed by atoms with Crippen molar-refractivity contribution in [3.63, 3.8) is 0 Å². The van der Waals surface area contributed by atoms with E-state index in [1.165, 1.54) is 11.3 Å². The van der Waals surface area contributed by atoms with Crippen LogP contribution >= 0.6 is 11.3 Å². The largest absolute Gasteiger partial charge is 0.396 e. The highest BCUT2D eigenvalue weighted by Crippen LogP contribution is 2.30. The lowest BCUT2D eigenvalue weighted by atomic mass is 10.1. The van der Waals surface area contributed by atoms with Gasteiger partial charge in [0.2, 0.25) is 5.78 Å². The topological polar surface area (TPSA) is 76.6 Å². The molecule has 4 rings (SSSR count). The fraction of sp³-hybridized carbons (Fsp3) is 0.0909. The average Bonchev–Trinajstić information content (AvgIpc) is 3.30. The summed E-state index contributed by atoms with van der Waals surface area (Å²) in [6, 6.07) is 14.7. The summed E-state index contributed by atoms with van der Waals surface area (Å²) in [6.45, 7) is 4.01. The molecular formula is C22H19N3O2S. The Bertz CT molecular complexity index is 1210. The number of nitrogens with two attached hydrogens (primary N) is 1. The van der Waals surface area contributed by atoms with Crippen LogP contribution in [0.25, 0.3) is 5.52 Å². The Balaban J connectivity index is 1.81. The van der Waals surface area contributed by atoms with Crippen LogP contribution in [0.4, 0.5) is 11.4 Å². The minimum atomic E-state index is -0.338. The van der Waals surface area contributed by atoms with Crippen molar-refractivity contribution in [2.24, 2.45) is 0 Å². The van der Waals surface area contributed by atoms with Crippen molar-refractivity contribution in [1.82, 2.24) is 4.40 Å². The Labute approximate surface area is 166 Å². The maximum absolute atomic E-state index is 13.1. The van der Waals surface area contributed by atoms with E-state index in [2.05, 4.69) is 5.32 Å². The van der Waals surface area contributed by atoms with Gasteiger partial charge in [-0.3, -0.25) is 9.59 Å². The van der Waals surface area contributed by atoms with Crippen LogP contribution in [0.2, 0.25) is 0 Å². The molecule has 1 amide bonds. The number of carbonyl (C=O) groups is 2. The minimum Gasteiger partial charge on any atom is -0.396 e. The number of nitrogens with zero attached hydrogens (tertiary/aromatic N) is 1. The Morgan fingerprint density at radius 2 is 1.86 bits per heavy atom. The van der Waals surface area contributed by atoms with E-state index in [-0.39, 0.29) is 17.4 Å². The third kappa shape index (κ3) is 2.97. The van der Waals surface area contributed by atoms with E-state index < -0.39 is 0 Å². The molecule has 0 aliphatic carbocycles. The van der Waals surface area contributed by atoms with Crippen LogP contribution in [-0.4, -0.2) is 16.1 Å². The fourth-order valence-electron chi connectivity index (χ4n) is 3.24. The molecule has 0 radical (unpaired) electrons. The molecule has 0 aliphatic rings. The normalized spacial score (nSPS) is 10.9. The average molecular weight is 389 g/mol. The monoisotopic (exact) mass is 389 g/mol. The van der Waals surface area contributed by atoms with Crippen LogP contribution in [0.5, 0.6) is 0 Å². The highest BCUT2D eigenvalue weighted by atomic mass is 32.1. The van der Waals surface area contributed by atoms with Crippen molar-refractivity contribution in [3.8, 4) is 0 Å². The van der Waals surface area contributed by atoms with Gasteiger partial charge in [-0.25, -0.2) is 0 Å². The van der Waals surface area contributed by atoms with Gasteiger partial charge in [-0.15, -0.1) is 11.3 Å². The number of thiophene rings is 1. The Morgan fingerprint density at radius 3 is 2.57 bits per heavy atom. The number of ketones is 1. The minimum absolute atomic E-state index is 0.186. The summed E-state index contributed by atoms with van der Waals surface area (Å²) in [5, 5.41) is 4.75. The number of fused-ring (bicyclic) bond motifs is 1. The van der Waals surface area contributed by atoms with E-state index in [4.69, 9.17) is 5.73 Å². The molecule has 1 aromatic carbocycles. The van der Waals surface area contributed by atoms with Gasteiger partial charge in [-0.1, -0.05) is 18.2 Å². The number of anilines is 2. The third-order valence-corrected chi connectivity index (χ3v) is 5.70. The first-order valence-corrected chi connectivity index (χ1v) is 9.70. The summed E-state index contributed by atoms with van der Waals surface area (Å²) in [6.07, 6.45) is 1.75. The molecular weight excluding hydrogens is 370 g/mol. The van der Waals surface area contributed by atoms with Gasteiger partial charge in [0, 0.05) is 11.9 Å². The fourth-order valence-corrected chi connectivity index (χ4v) is 3.90. The zero-order valence-electron chi connectivity index (χ0n) is 15.5. The number of amides is 1. The number of hydrogen-bond acceptors (Lipinski definition) is 4. The second-order valence-electron chi connectivity index (χ2n) is 6.65. The zero-order valence-corrected chi connectivity index (χ0v) is 16.3. The van der Waals surface area contributed by atoms with Crippen LogP contribution in [0.1, 0.15) is 36.9 Å². The van der Waals surface area contributed by atoms with Gasteiger partial charge in [-0.2, -0.15) is 0 Å². The lowest BCUT2D eigenvalue weighted by Crippen LogP contribution is -2.14. The first-order valence-electron chi connectivity index (χ1n) is 8.82. The highest BCUT2D eigenvalue weighted by molar-refractivity contribution is 7.12. The Hall–Kier alpha value is -3.38. The third-order valence-electron chi connectivity index (χ3n) is 4.83. The molecule has 3 N–H and O–H groups in total. The number of hydrogen-bond donors (Lipinski definition) is 2. The molecule has 4 aromatic rings. The van der Waals surface area contributed by atoms with Gasteiger partial charge in [-0.05, 0) is 60.7 Å². The van der Waals surface area contributed by atoms with E-state index >= 15 is 0 Å². The van der Waals surface area contributed by atoms with Crippen molar-refractivity contribution >= 4 is 39.9 Å². The van der Waals surface area contributed by atoms with Crippen molar-refractivity contribution in [1.29, 1.82) is 0 Å². The molecule has 0 saturated heterocycles. The van der Waals surface area contributed by atoms with Gasteiger partial charge >= 0.3 is 0 Å². The highest BCUT2D eigenvalue weighted by Gasteiger charge is 2.26. The number of aryl methyl sites for hydroxylation is 2. The molecule has 0 spiro atoms. The molecule has 140 valence electrons. The number of pyridine rings is 1. The van der Waals surface area contributed by atoms with Crippen LogP contribution in [0.15, 0.2) is 60.1 Å². The second-order valence-corrected chi connectivity index (χ2v) is 7.60. The number of benzene rings is 1. The number of rotatable bonds is 4. The van der Waals surface area contributed by atoms with E-state index in [1.54, 1.807) is 22.7 Å². The SMILES string of the molecule is Cc1ccc(NC(=O)c2c(N)c(C(=O)c3cccs3)n3ccccc23)cc1C. The van der Waals surface area contributed by atoms with Crippen LogP contribution in [-0.2, 0) is 0 Å². The lowest BCUT2D eigenvalue weighted by molar-refractivity contribution is 0.102. The van der Waals surface area contributed by atoms with Crippen LogP contribution in [0.3, 0.4) is 0 Å². The maximum atomic E-state index is 13.1. The standard InChI is InChI=1S/C22H19N3O2S/c1-13-8-9-15(12-14(13)2)24-22(27)18-16-6-3-4-10-25(16)20(19(18)23)21(26)17-7-5-11-28-17/h3-12H,23H2,1-2H3,(H,24,27). The molecule has 0 saturated carbocycles. The molecule has 0 bridgehead atoms. The summed E-state index contributed by atoms with van der Waals surface area (Å²) in [4.78, 5) is 26.6. The molecule has 3 heterocycles. The number of nitrogens with one attached hydrogen (secondary N) is 1. The van der Waals surface area contributed by atoms with Crippen molar-refractivity contribution < 1.29 is 9.59 Å². The van der Waals surface area contributed by atoms with Gasteiger partial charge in [0.25, 0.3) is 5.91 Å². The molecule has 5 nitrogen and oxygen atoms in total. The number of nitrogen functional groups attached to an aromatic ring is 1. The molecule has 3 aromatic heterocycles. The molecule has 0 atom stereocenters. The van der Waals surface area contributed by atoms with E-state index in [0.29, 0.717) is 27.3 Å². The van der Waals surface area contributed by atoms with Gasteiger partial charge in [0.1, 0.15) is 5.69 Å². The maximum Gasteiger partial charge on any atom is 0.259 e. The van der Waals surface area contributed by atoms with Crippen LogP contribution in [0, 0.1) is 13.8 Å². The summed E-state index contributed by atoms with van der Waals surface area (Å²) < 4.78 is 1.69. The second kappa shape index (κ2) is 6.98. The molecule has 28 heavy (non-hydrogen) atoms. The molecule has 0 unspecified atom stereocenters. The molecule has 0 fully saturated rings. The smallest absolute Gasteiger partial charge is 0.259 e. The number of aromatic nitrogens is 1. The summed E-state index contributed by atoms with van der Waals surface area (Å²) in [5.41, 5.74) is 10.7. The predicted molar refractivity (Wildman–Crippen MR) is 113 cm³/mol. The van der Waals surface area contributed by atoms with Crippen molar-refractivity contribution in [2.75, 3.05) is 11.1 Å². The zero-order chi connectivity index (χ0) is 19.8. The van der Waals surface area contributed by atoms with Crippen molar-refractivity contribution in [2.45, 2.75) is 13.8 Å². The van der Waals surface area contributed by atoms with Gasteiger partial charge in [0.05, 0.1) is 21.6 Å². The number of carbonyl (C=O) groups excluding carboxylic acids is 2. The van der Waals surface area contributed by atoms with Gasteiger partial charge < -0.3 is 15.5 Å². The lowest BCUT2D eigenvalue weighted by Gasteiger charge is -2.08. The molecule has 0 aliphatic heterocycles. The summed E-state index contributed by atoms with van der Waals surface area (Å²) in [5.74, 6) is -0.534. The first-order chi connectivity index (χ1) is 13.5. The van der Waals surface area contributed by atoms with Crippen molar-refractivity contribution in [3.05, 3.63) is 87.4 Å². The summed E-state index contributed by atoms with van der Waals surface area (Å²) in [7, 11) is 0. The summed E-state index contributed by atoms with van der Waals surface area (Å²) >= 11 is 1.35. The Morgan fingerprint density at radius 1 is 1.04 bits per heavy atom. The first kappa shape index (κ1) is 18.0. The predicted octanol–water partition coefficient (Wildman–Crippen LogP) is 4.68. The quantitative estimate of drug-likeness (QED) is 0.498. The van der Waals surface area contributed by atoms with E-state index in [0.717, 1.165) is 11.1 Å². The molecule has 6 heteroatoms. The Kier molecular flexibility index (Phi) is 4.49. The van der Waals surface area contributed by atoms with E-state index in [1.807, 2.05) is 55.6 Å². The van der Waals surface area contributed by atoms with Gasteiger partial charge in [0.15, 0.2) is 0 Å². The van der Waals surface area contributed by atoms with E-state index in [9.17, 15) is 9.59 Å². The van der Waals surface area contributed by atoms with Crippen LogP contribution < -0.4 is 11.1 Å².